The van der Waals surface area contributed by atoms with Gasteiger partial charge in [-0.25, -0.2) is 0 Å². The van der Waals surface area contributed by atoms with Crippen molar-refractivity contribution in [1.29, 1.82) is 5.41 Å². The highest BCUT2D eigenvalue weighted by atomic mass is 32.1. The number of benzene rings is 2. The van der Waals surface area contributed by atoms with Crippen LogP contribution in [0.3, 0.4) is 0 Å². The molecule has 3 fully saturated rings. The van der Waals surface area contributed by atoms with Crippen LogP contribution in [0.1, 0.15) is 35.8 Å². The van der Waals surface area contributed by atoms with Crippen molar-refractivity contribution in [3.05, 3.63) is 82.0 Å². The highest BCUT2D eigenvalue weighted by Crippen LogP contribution is 2.59. The second-order valence-corrected chi connectivity index (χ2v) is 12.2. The van der Waals surface area contributed by atoms with Crippen molar-refractivity contribution in [1.82, 2.24) is 15.5 Å². The normalized spacial score (nSPS) is 24.1. The molecule has 10 heteroatoms. The molecular formula is C30H33N5O4S. The molecule has 0 spiro atoms. The maximum atomic E-state index is 13.6. The maximum Gasteiger partial charge on any atom is 0.243 e. The van der Waals surface area contributed by atoms with Gasteiger partial charge in [-0.1, -0.05) is 37.3 Å². The van der Waals surface area contributed by atoms with Crippen LogP contribution in [0.2, 0.25) is 0 Å². The van der Waals surface area contributed by atoms with E-state index in [1.807, 2.05) is 60.7 Å². The monoisotopic (exact) mass is 559 g/mol. The van der Waals surface area contributed by atoms with Crippen molar-refractivity contribution in [2.45, 2.75) is 43.9 Å². The van der Waals surface area contributed by atoms with E-state index in [0.717, 1.165) is 28.4 Å². The largest absolute Gasteiger partial charge is 0.457 e. The summed E-state index contributed by atoms with van der Waals surface area (Å²) in [7, 11) is 0. The number of para-hydroxylation sites is 1. The Labute approximate surface area is 237 Å². The molecule has 1 aromatic heterocycles. The minimum Gasteiger partial charge on any atom is -0.457 e. The summed E-state index contributed by atoms with van der Waals surface area (Å²) in [5, 5.41) is 15.8. The zero-order valence-corrected chi connectivity index (χ0v) is 23.1. The highest BCUT2D eigenvalue weighted by Gasteiger charge is 2.64. The van der Waals surface area contributed by atoms with Crippen LogP contribution >= 0.6 is 11.3 Å². The Balaban J connectivity index is 1.08. The van der Waals surface area contributed by atoms with Crippen LogP contribution in [0.25, 0.3) is 0 Å². The highest BCUT2D eigenvalue weighted by molar-refractivity contribution is 7.10. The van der Waals surface area contributed by atoms with E-state index in [-0.39, 0.29) is 35.7 Å². The van der Waals surface area contributed by atoms with Crippen LogP contribution < -0.4 is 21.1 Å². The fourth-order valence-corrected chi connectivity index (χ4v) is 6.57. The minimum absolute atomic E-state index is 0.00570. The maximum absolute atomic E-state index is 13.6. The number of thiophene rings is 1. The predicted octanol–water partition coefficient (Wildman–Crippen LogP) is 3.34. The molecule has 0 unspecified atom stereocenters. The lowest BCUT2D eigenvalue weighted by atomic mass is 9.88. The number of hydrogen-bond donors (Lipinski definition) is 4. The summed E-state index contributed by atoms with van der Waals surface area (Å²) >= 11 is 1.45. The van der Waals surface area contributed by atoms with Crippen LogP contribution in [-0.2, 0) is 26.4 Å². The Morgan fingerprint density at radius 1 is 1.12 bits per heavy atom. The Morgan fingerprint density at radius 3 is 2.50 bits per heavy atom. The first-order chi connectivity index (χ1) is 19.3. The molecule has 3 heterocycles. The summed E-state index contributed by atoms with van der Waals surface area (Å²) in [6.07, 6.45) is 1.59. The molecule has 2 aliphatic heterocycles. The molecular weight excluding hydrogens is 526 g/mol. The molecule has 0 bridgehead atoms. The van der Waals surface area contributed by atoms with E-state index in [2.05, 4.69) is 17.6 Å². The summed E-state index contributed by atoms with van der Waals surface area (Å²) in [5.41, 5.74) is 6.77. The van der Waals surface area contributed by atoms with Crippen molar-refractivity contribution in [3.8, 4) is 11.5 Å². The molecule has 3 atom stereocenters. The molecule has 2 amide bonds. The van der Waals surface area contributed by atoms with Gasteiger partial charge in [0.2, 0.25) is 11.8 Å². The zero-order valence-electron chi connectivity index (χ0n) is 22.3. The fourth-order valence-electron chi connectivity index (χ4n) is 5.75. The van der Waals surface area contributed by atoms with Gasteiger partial charge in [0.1, 0.15) is 23.4 Å². The van der Waals surface area contributed by atoms with E-state index in [9.17, 15) is 9.59 Å². The van der Waals surface area contributed by atoms with Crippen molar-refractivity contribution in [2.24, 2.45) is 11.1 Å². The standard InChI is InChI=1S/C30H33N5O4S/c1-29-12-24(28(37)33-14-23-11-19(16-40-23)27(31)32)35(25(29)13-29)26(36)15-34-30(17-38-18-30)20-7-9-22(10-8-20)39-21-5-3-2-4-6-21/h2-11,16,24-25,34H,12-15,17-18H2,1H3,(H3,31,32)(H,33,37)/t24-,25-,29+/m0/s1. The van der Waals surface area contributed by atoms with Gasteiger partial charge >= 0.3 is 0 Å². The third-order valence-electron chi connectivity index (χ3n) is 8.29. The van der Waals surface area contributed by atoms with Crippen LogP contribution in [0, 0.1) is 10.8 Å². The number of nitrogen functional groups attached to an aromatic ring is 1. The Bertz CT molecular complexity index is 1420. The second-order valence-electron chi connectivity index (χ2n) is 11.2. The van der Waals surface area contributed by atoms with Crippen LogP contribution in [-0.4, -0.2) is 54.4 Å². The van der Waals surface area contributed by atoms with Gasteiger partial charge in [0.25, 0.3) is 0 Å². The fraction of sp³-hybridized carbons (Fsp3) is 0.367. The van der Waals surface area contributed by atoms with Crippen molar-refractivity contribution in [3.63, 3.8) is 0 Å². The summed E-state index contributed by atoms with van der Waals surface area (Å²) in [4.78, 5) is 29.5. The van der Waals surface area contributed by atoms with Gasteiger partial charge in [-0.2, -0.15) is 0 Å². The van der Waals surface area contributed by atoms with Crippen molar-refractivity contribution in [2.75, 3.05) is 19.8 Å². The van der Waals surface area contributed by atoms with Crippen molar-refractivity contribution < 1.29 is 19.1 Å². The summed E-state index contributed by atoms with van der Waals surface area (Å²) in [5.74, 6) is 1.30. The number of nitrogens with zero attached hydrogens (tertiary/aromatic N) is 1. The molecule has 2 aromatic carbocycles. The van der Waals surface area contributed by atoms with Crippen molar-refractivity contribution >= 4 is 29.0 Å². The molecule has 40 heavy (non-hydrogen) atoms. The molecule has 1 aliphatic carbocycles. The zero-order chi connectivity index (χ0) is 27.9. The van der Waals surface area contributed by atoms with E-state index in [1.54, 1.807) is 10.3 Å². The van der Waals surface area contributed by atoms with E-state index < -0.39 is 11.6 Å². The lowest BCUT2D eigenvalue weighted by molar-refractivity contribution is -0.141. The Hall–Kier alpha value is -3.73. The van der Waals surface area contributed by atoms with Gasteiger partial charge in [0.05, 0.1) is 31.8 Å². The van der Waals surface area contributed by atoms with Gasteiger partial charge in [0.15, 0.2) is 0 Å². The third kappa shape index (κ3) is 5.10. The SMILES string of the molecule is C[C@@]12C[C@@H]1N(C(=O)CNC1(c3ccc(Oc4ccccc4)cc3)COC1)[C@H](C(=O)NCc1cc(C(=N)N)cs1)C2. The van der Waals surface area contributed by atoms with Gasteiger partial charge in [-0.05, 0) is 54.2 Å². The first kappa shape index (κ1) is 26.5. The third-order valence-corrected chi connectivity index (χ3v) is 9.22. The number of rotatable bonds is 10. The van der Waals surface area contributed by atoms with E-state index >= 15 is 0 Å². The Morgan fingerprint density at radius 2 is 1.85 bits per heavy atom. The number of amidine groups is 1. The van der Waals surface area contributed by atoms with Crippen LogP contribution in [0.15, 0.2) is 66.0 Å². The second kappa shape index (κ2) is 10.3. The first-order valence-corrected chi connectivity index (χ1v) is 14.3. The average Bonchev–Trinajstić information content (AvgIpc) is 3.24. The number of piperidine rings is 1. The minimum atomic E-state index is -0.492. The molecule has 5 N–H and O–H groups in total. The number of fused-ring (bicyclic) bond motifs is 1. The number of carbonyl (C=O) groups is 2. The first-order valence-electron chi connectivity index (χ1n) is 13.4. The molecule has 2 saturated heterocycles. The average molecular weight is 560 g/mol. The summed E-state index contributed by atoms with van der Waals surface area (Å²) in [6.45, 7) is 3.55. The number of nitrogens with one attached hydrogen (secondary N) is 3. The quantitative estimate of drug-likeness (QED) is 0.223. The lowest BCUT2D eigenvalue weighted by Crippen LogP contribution is -2.60. The van der Waals surface area contributed by atoms with Gasteiger partial charge in [-0.15, -0.1) is 11.3 Å². The van der Waals surface area contributed by atoms with Crippen LogP contribution in [0.4, 0.5) is 0 Å². The summed E-state index contributed by atoms with van der Waals surface area (Å²) in [6, 6.07) is 18.9. The van der Waals surface area contributed by atoms with Gasteiger partial charge in [0, 0.05) is 21.9 Å². The lowest BCUT2D eigenvalue weighted by Gasteiger charge is -2.43. The molecule has 3 aliphatic rings. The molecule has 208 valence electrons. The molecule has 3 aromatic rings. The predicted molar refractivity (Wildman–Crippen MR) is 152 cm³/mol. The van der Waals surface area contributed by atoms with E-state index in [1.165, 1.54) is 11.3 Å². The molecule has 6 rings (SSSR count). The van der Waals surface area contributed by atoms with E-state index in [4.69, 9.17) is 20.6 Å². The van der Waals surface area contributed by atoms with Gasteiger partial charge in [-0.3, -0.25) is 20.3 Å². The number of ether oxygens (including phenoxy) is 2. The molecule has 0 radical (unpaired) electrons. The van der Waals surface area contributed by atoms with Crippen LogP contribution in [0.5, 0.6) is 11.5 Å². The number of hydrogen-bond acceptors (Lipinski definition) is 7. The molecule has 9 nitrogen and oxygen atoms in total. The number of carbonyl (C=O) groups excluding carboxylic acids is 2. The Kier molecular flexibility index (Phi) is 6.85. The smallest absolute Gasteiger partial charge is 0.243 e. The number of amides is 2. The van der Waals surface area contributed by atoms with E-state index in [0.29, 0.717) is 31.7 Å². The summed E-state index contributed by atoms with van der Waals surface area (Å²) < 4.78 is 11.5. The van der Waals surface area contributed by atoms with Gasteiger partial charge < -0.3 is 25.4 Å². The topological polar surface area (TPSA) is 130 Å². The number of likely N-dealkylation sites (tertiary alicyclic amines) is 1. The molecule has 1 saturated carbocycles. The number of nitrogens with two attached hydrogens (primary N) is 1.